The minimum absolute atomic E-state index is 0.160. The van der Waals surface area contributed by atoms with Gasteiger partial charge in [-0.25, -0.2) is 4.79 Å². The Kier molecular flexibility index (Phi) is 5.73. The summed E-state index contributed by atoms with van der Waals surface area (Å²) in [6.07, 6.45) is 2.63. The lowest BCUT2D eigenvalue weighted by atomic mass is 10.1. The van der Waals surface area contributed by atoms with E-state index in [0.29, 0.717) is 23.9 Å². The summed E-state index contributed by atoms with van der Waals surface area (Å²) in [5, 5.41) is 6.81. The van der Waals surface area contributed by atoms with Crippen LogP contribution in [-0.4, -0.2) is 42.1 Å². The lowest BCUT2D eigenvalue weighted by molar-refractivity contribution is 0.140. The van der Waals surface area contributed by atoms with Crippen LogP contribution in [-0.2, 0) is 0 Å². The highest BCUT2D eigenvalue weighted by atomic mass is 35.5. The molecule has 1 unspecified atom stereocenters. The van der Waals surface area contributed by atoms with Gasteiger partial charge in [-0.1, -0.05) is 23.7 Å². The lowest BCUT2D eigenvalue weighted by Gasteiger charge is -2.30. The van der Waals surface area contributed by atoms with Gasteiger partial charge in [-0.2, -0.15) is 0 Å². The highest BCUT2D eigenvalue weighted by molar-refractivity contribution is 6.31. The van der Waals surface area contributed by atoms with E-state index >= 15 is 0 Å². The van der Waals surface area contributed by atoms with Crippen molar-refractivity contribution in [2.45, 2.75) is 13.2 Å². The van der Waals surface area contributed by atoms with Crippen LogP contribution in [0.2, 0.25) is 5.02 Å². The average Bonchev–Trinajstić information content (AvgIpc) is 2.65. The Morgan fingerprint density at radius 3 is 2.84 bits per heavy atom. The van der Waals surface area contributed by atoms with E-state index in [2.05, 4.69) is 15.6 Å². The van der Waals surface area contributed by atoms with E-state index in [4.69, 9.17) is 16.3 Å². The number of pyridine rings is 1. The number of aryl methyl sites for hydroxylation is 1. The molecule has 0 spiro atoms. The van der Waals surface area contributed by atoms with E-state index in [1.807, 2.05) is 25.1 Å². The van der Waals surface area contributed by atoms with Crippen LogP contribution >= 0.6 is 11.6 Å². The third-order valence-electron chi connectivity index (χ3n) is 4.05. The molecular formula is C18H21ClN4O2. The molecule has 1 atom stereocenters. The molecule has 2 N–H and O–H groups in total. The molecule has 2 aromatic rings. The number of hydrogen-bond donors (Lipinski definition) is 2. The van der Waals surface area contributed by atoms with Gasteiger partial charge >= 0.3 is 6.03 Å². The second-order valence-corrected chi connectivity index (χ2v) is 6.29. The summed E-state index contributed by atoms with van der Waals surface area (Å²) in [6, 6.07) is 9.05. The van der Waals surface area contributed by atoms with Crippen molar-refractivity contribution in [2.24, 2.45) is 0 Å². The zero-order valence-corrected chi connectivity index (χ0v) is 14.8. The van der Waals surface area contributed by atoms with Crippen LogP contribution in [0.25, 0.3) is 0 Å². The van der Waals surface area contributed by atoms with E-state index in [0.717, 1.165) is 24.2 Å². The van der Waals surface area contributed by atoms with Crippen LogP contribution in [0, 0.1) is 6.92 Å². The number of benzene rings is 1. The molecule has 0 bridgehead atoms. The monoisotopic (exact) mass is 360 g/mol. The maximum Gasteiger partial charge on any atom is 0.320 e. The molecular weight excluding hydrogens is 340 g/mol. The molecule has 7 heteroatoms. The first-order valence-electron chi connectivity index (χ1n) is 8.22. The van der Waals surface area contributed by atoms with Gasteiger partial charge in [0.2, 0.25) is 0 Å². The Morgan fingerprint density at radius 1 is 1.36 bits per heavy atom. The van der Waals surface area contributed by atoms with Gasteiger partial charge in [-0.15, -0.1) is 0 Å². The summed E-state index contributed by atoms with van der Waals surface area (Å²) < 4.78 is 5.96. The van der Waals surface area contributed by atoms with Gasteiger partial charge in [0.05, 0.1) is 6.20 Å². The fourth-order valence-electron chi connectivity index (χ4n) is 2.58. The Bertz CT molecular complexity index is 720. The number of carbonyl (C=O) groups excluding carboxylic acids is 1. The first kappa shape index (κ1) is 17.5. The van der Waals surface area contributed by atoms with Crippen LogP contribution in [0.3, 0.4) is 0 Å². The van der Waals surface area contributed by atoms with Crippen molar-refractivity contribution in [1.82, 2.24) is 20.5 Å². The Balaban J connectivity index is 1.80. The van der Waals surface area contributed by atoms with Crippen molar-refractivity contribution < 1.29 is 9.53 Å². The Morgan fingerprint density at radius 2 is 2.16 bits per heavy atom. The number of urea groups is 1. The molecule has 25 heavy (non-hydrogen) atoms. The van der Waals surface area contributed by atoms with Gasteiger partial charge in [0.1, 0.15) is 5.75 Å². The SMILES string of the molecule is Cc1ccc(C(NC(=O)N2CCNCC2)Oc2cccnc2)cc1Cl. The van der Waals surface area contributed by atoms with Gasteiger partial charge in [0.25, 0.3) is 0 Å². The van der Waals surface area contributed by atoms with Crippen molar-refractivity contribution in [2.75, 3.05) is 26.2 Å². The number of amides is 2. The van der Waals surface area contributed by atoms with Crippen molar-refractivity contribution in [3.8, 4) is 5.75 Å². The fraction of sp³-hybridized carbons (Fsp3) is 0.333. The van der Waals surface area contributed by atoms with E-state index in [9.17, 15) is 4.79 Å². The first-order chi connectivity index (χ1) is 12.1. The smallest absolute Gasteiger partial charge is 0.320 e. The number of nitrogens with one attached hydrogen (secondary N) is 2. The number of aromatic nitrogens is 1. The number of rotatable bonds is 4. The zero-order chi connectivity index (χ0) is 17.6. The molecule has 1 aromatic carbocycles. The largest absolute Gasteiger partial charge is 0.465 e. The molecule has 1 saturated heterocycles. The third kappa shape index (κ3) is 4.61. The van der Waals surface area contributed by atoms with Crippen molar-refractivity contribution in [1.29, 1.82) is 0 Å². The maximum absolute atomic E-state index is 12.6. The molecule has 1 aromatic heterocycles. The van der Waals surface area contributed by atoms with Gasteiger partial charge in [0, 0.05) is 43.0 Å². The van der Waals surface area contributed by atoms with Crippen molar-refractivity contribution >= 4 is 17.6 Å². The second-order valence-electron chi connectivity index (χ2n) is 5.88. The number of hydrogen-bond acceptors (Lipinski definition) is 4. The number of piperazine rings is 1. The molecule has 0 radical (unpaired) electrons. The molecule has 1 fully saturated rings. The summed E-state index contributed by atoms with van der Waals surface area (Å²) in [6.45, 7) is 4.85. The number of ether oxygens (including phenoxy) is 1. The third-order valence-corrected chi connectivity index (χ3v) is 4.45. The van der Waals surface area contributed by atoms with Crippen LogP contribution in [0.4, 0.5) is 4.79 Å². The van der Waals surface area contributed by atoms with Crippen LogP contribution in [0.1, 0.15) is 17.4 Å². The van der Waals surface area contributed by atoms with Crippen molar-refractivity contribution in [3.63, 3.8) is 0 Å². The predicted octanol–water partition coefficient (Wildman–Crippen LogP) is 2.74. The van der Waals surface area contributed by atoms with Gasteiger partial charge in [-0.3, -0.25) is 10.3 Å². The molecule has 1 aliphatic rings. The van der Waals surface area contributed by atoms with E-state index in [1.165, 1.54) is 0 Å². The molecule has 132 valence electrons. The first-order valence-corrected chi connectivity index (χ1v) is 8.60. The van der Waals surface area contributed by atoms with E-state index < -0.39 is 6.23 Å². The summed E-state index contributed by atoms with van der Waals surface area (Å²) >= 11 is 6.25. The summed E-state index contributed by atoms with van der Waals surface area (Å²) in [5.74, 6) is 0.574. The predicted molar refractivity (Wildman–Crippen MR) is 96.8 cm³/mol. The molecule has 6 nitrogen and oxygen atoms in total. The highest BCUT2D eigenvalue weighted by Crippen LogP contribution is 2.24. The number of halogens is 1. The molecule has 2 heterocycles. The molecule has 1 aliphatic heterocycles. The van der Waals surface area contributed by atoms with Crippen LogP contribution < -0.4 is 15.4 Å². The summed E-state index contributed by atoms with van der Waals surface area (Å²) in [4.78, 5) is 18.4. The molecule has 2 amide bonds. The minimum atomic E-state index is -0.648. The summed E-state index contributed by atoms with van der Waals surface area (Å²) in [7, 11) is 0. The second kappa shape index (κ2) is 8.18. The van der Waals surface area contributed by atoms with Gasteiger partial charge in [-0.05, 0) is 30.7 Å². The lowest BCUT2D eigenvalue weighted by Crippen LogP contribution is -2.51. The molecule has 3 rings (SSSR count). The van der Waals surface area contributed by atoms with Gasteiger partial charge in [0.15, 0.2) is 6.23 Å². The quantitative estimate of drug-likeness (QED) is 0.823. The van der Waals surface area contributed by atoms with Gasteiger partial charge < -0.3 is 15.0 Å². The van der Waals surface area contributed by atoms with E-state index in [1.54, 1.807) is 29.4 Å². The van der Waals surface area contributed by atoms with Crippen LogP contribution in [0.15, 0.2) is 42.7 Å². The van der Waals surface area contributed by atoms with E-state index in [-0.39, 0.29) is 6.03 Å². The molecule has 0 saturated carbocycles. The van der Waals surface area contributed by atoms with Crippen LogP contribution in [0.5, 0.6) is 5.75 Å². The Hall–Kier alpha value is -2.31. The normalized spacial score (nSPS) is 15.5. The minimum Gasteiger partial charge on any atom is -0.465 e. The molecule has 0 aliphatic carbocycles. The highest BCUT2D eigenvalue weighted by Gasteiger charge is 2.22. The number of nitrogens with zero attached hydrogens (tertiary/aromatic N) is 2. The number of carbonyl (C=O) groups is 1. The maximum atomic E-state index is 12.6. The Labute approximate surface area is 152 Å². The standard InChI is InChI=1S/C18H21ClN4O2/c1-13-4-5-14(11-16(13)19)17(25-15-3-2-6-21-12-15)22-18(24)23-9-7-20-8-10-23/h2-6,11-12,17,20H,7-10H2,1H3,(H,22,24). The summed E-state index contributed by atoms with van der Waals surface area (Å²) in [5.41, 5.74) is 1.75. The zero-order valence-electron chi connectivity index (χ0n) is 14.0. The topological polar surface area (TPSA) is 66.5 Å². The average molecular weight is 361 g/mol. The fourth-order valence-corrected chi connectivity index (χ4v) is 2.77. The van der Waals surface area contributed by atoms with Crippen molar-refractivity contribution in [3.05, 3.63) is 58.9 Å².